The molecular formula is C38H76N2O2. The zero-order valence-corrected chi connectivity index (χ0v) is 29.0. The van der Waals surface area contributed by atoms with Crippen molar-refractivity contribution in [2.75, 3.05) is 6.54 Å². The maximum Gasteiger partial charge on any atom is 0.242 e. The first-order valence-electron chi connectivity index (χ1n) is 19.2. The van der Waals surface area contributed by atoms with E-state index in [1.54, 1.807) is 0 Å². The molecule has 0 aliphatic rings. The number of carbonyl (C=O) groups is 2. The number of rotatable bonds is 34. The second-order valence-corrected chi connectivity index (χ2v) is 13.1. The van der Waals surface area contributed by atoms with Crippen molar-refractivity contribution in [3.8, 4) is 0 Å². The van der Waals surface area contributed by atoms with Gasteiger partial charge in [-0.05, 0) is 19.8 Å². The predicted molar refractivity (Wildman–Crippen MR) is 185 cm³/mol. The van der Waals surface area contributed by atoms with Gasteiger partial charge in [-0.25, -0.2) is 0 Å². The minimum Gasteiger partial charge on any atom is -0.355 e. The van der Waals surface area contributed by atoms with Gasteiger partial charge in [0, 0.05) is 13.0 Å². The Kier molecular flexibility index (Phi) is 33.6. The standard InChI is InChI=1S/C38H76N2O2/c1-4-7-9-11-13-15-17-19-21-23-25-27-29-31-33-35-37(41)40-36(38(42)39-6-3)34-32-30-28-26-24-22-20-18-16-14-12-10-8-5-2/h36H,4-35H2,1-3H3,(H,39,42)(H,40,41). The van der Waals surface area contributed by atoms with Crippen LogP contribution in [0.25, 0.3) is 0 Å². The van der Waals surface area contributed by atoms with Crippen molar-refractivity contribution in [2.24, 2.45) is 0 Å². The summed E-state index contributed by atoms with van der Waals surface area (Å²) in [5, 5.41) is 5.97. The molecule has 0 saturated carbocycles. The molecule has 0 aliphatic heterocycles. The lowest BCUT2D eigenvalue weighted by molar-refractivity contribution is -0.129. The van der Waals surface area contributed by atoms with Crippen LogP contribution in [0.2, 0.25) is 0 Å². The average molecular weight is 593 g/mol. The van der Waals surface area contributed by atoms with Gasteiger partial charge in [0.1, 0.15) is 6.04 Å². The molecule has 1 atom stereocenters. The third-order valence-corrected chi connectivity index (χ3v) is 8.86. The number of amides is 2. The van der Waals surface area contributed by atoms with Gasteiger partial charge in [0.05, 0.1) is 0 Å². The van der Waals surface area contributed by atoms with Gasteiger partial charge in [-0.2, -0.15) is 0 Å². The number of likely N-dealkylation sites (N-methyl/N-ethyl adjacent to an activating group) is 1. The first-order valence-corrected chi connectivity index (χ1v) is 19.2. The smallest absolute Gasteiger partial charge is 0.242 e. The Bertz CT molecular complexity index is 565. The minimum atomic E-state index is -0.369. The van der Waals surface area contributed by atoms with Crippen LogP contribution in [0, 0.1) is 0 Å². The largest absolute Gasteiger partial charge is 0.355 e. The van der Waals surface area contributed by atoms with Gasteiger partial charge in [-0.15, -0.1) is 0 Å². The van der Waals surface area contributed by atoms with Crippen LogP contribution in [0.15, 0.2) is 0 Å². The van der Waals surface area contributed by atoms with Crippen LogP contribution in [0.1, 0.15) is 220 Å². The number of hydrogen-bond donors (Lipinski definition) is 2. The van der Waals surface area contributed by atoms with Crippen molar-refractivity contribution in [3.63, 3.8) is 0 Å². The molecule has 0 heterocycles. The topological polar surface area (TPSA) is 58.2 Å². The van der Waals surface area contributed by atoms with Gasteiger partial charge in [0.15, 0.2) is 0 Å². The number of carbonyl (C=O) groups excluding carboxylic acids is 2. The van der Waals surface area contributed by atoms with E-state index in [0.29, 0.717) is 13.0 Å². The van der Waals surface area contributed by atoms with E-state index in [9.17, 15) is 9.59 Å². The molecule has 4 heteroatoms. The van der Waals surface area contributed by atoms with Gasteiger partial charge in [0.25, 0.3) is 0 Å². The summed E-state index contributed by atoms with van der Waals surface area (Å²) in [6, 6.07) is -0.369. The Labute approximate surface area is 264 Å². The zero-order valence-electron chi connectivity index (χ0n) is 29.0. The van der Waals surface area contributed by atoms with E-state index in [2.05, 4.69) is 24.5 Å². The summed E-state index contributed by atoms with van der Waals surface area (Å²) >= 11 is 0. The lowest BCUT2D eigenvalue weighted by atomic mass is 10.0. The highest BCUT2D eigenvalue weighted by Crippen LogP contribution is 2.15. The highest BCUT2D eigenvalue weighted by molar-refractivity contribution is 5.87. The third-order valence-electron chi connectivity index (χ3n) is 8.86. The van der Waals surface area contributed by atoms with Crippen LogP contribution in [0.4, 0.5) is 0 Å². The molecule has 0 fully saturated rings. The van der Waals surface area contributed by atoms with Crippen LogP contribution >= 0.6 is 0 Å². The van der Waals surface area contributed by atoms with E-state index in [4.69, 9.17) is 0 Å². The van der Waals surface area contributed by atoms with Gasteiger partial charge in [-0.3, -0.25) is 9.59 Å². The third kappa shape index (κ3) is 30.4. The summed E-state index contributed by atoms with van der Waals surface area (Å²) < 4.78 is 0. The average Bonchev–Trinajstić information content (AvgIpc) is 2.98. The van der Waals surface area contributed by atoms with Gasteiger partial charge in [-0.1, -0.05) is 194 Å². The Morgan fingerprint density at radius 3 is 1.07 bits per heavy atom. The summed E-state index contributed by atoms with van der Waals surface area (Å²) in [4.78, 5) is 25.1. The molecule has 0 saturated heterocycles. The van der Waals surface area contributed by atoms with E-state index >= 15 is 0 Å². The maximum atomic E-state index is 12.6. The fraction of sp³-hybridized carbons (Fsp3) is 0.947. The lowest BCUT2D eigenvalue weighted by Gasteiger charge is -2.18. The summed E-state index contributed by atoms with van der Waals surface area (Å²) in [6.07, 6.45) is 39.8. The van der Waals surface area contributed by atoms with Crippen molar-refractivity contribution in [2.45, 2.75) is 226 Å². The van der Waals surface area contributed by atoms with Crippen LogP contribution in [-0.4, -0.2) is 24.4 Å². The predicted octanol–water partition coefficient (Wildman–Crippen LogP) is 11.7. The van der Waals surface area contributed by atoms with E-state index in [1.807, 2.05) is 6.92 Å². The van der Waals surface area contributed by atoms with Crippen LogP contribution < -0.4 is 10.6 Å². The van der Waals surface area contributed by atoms with Gasteiger partial charge >= 0.3 is 0 Å². The summed E-state index contributed by atoms with van der Waals surface area (Å²) in [5.41, 5.74) is 0. The molecule has 0 aromatic carbocycles. The van der Waals surface area contributed by atoms with E-state index in [0.717, 1.165) is 32.1 Å². The number of hydrogen-bond acceptors (Lipinski definition) is 2. The van der Waals surface area contributed by atoms with Crippen LogP contribution in [0.5, 0.6) is 0 Å². The van der Waals surface area contributed by atoms with E-state index in [1.165, 1.54) is 161 Å². The minimum absolute atomic E-state index is 0.0166. The lowest BCUT2D eigenvalue weighted by Crippen LogP contribution is -2.46. The van der Waals surface area contributed by atoms with Crippen LogP contribution in [0.3, 0.4) is 0 Å². The van der Waals surface area contributed by atoms with Gasteiger partial charge in [0.2, 0.25) is 11.8 Å². The van der Waals surface area contributed by atoms with E-state index in [-0.39, 0.29) is 17.9 Å². The highest BCUT2D eigenvalue weighted by Gasteiger charge is 2.19. The molecular weight excluding hydrogens is 516 g/mol. The first-order chi connectivity index (χ1) is 20.7. The molecule has 0 spiro atoms. The maximum absolute atomic E-state index is 12.6. The zero-order chi connectivity index (χ0) is 30.8. The quantitative estimate of drug-likeness (QED) is 0.0730. The second kappa shape index (κ2) is 34.4. The molecule has 2 amide bonds. The molecule has 250 valence electrons. The molecule has 42 heavy (non-hydrogen) atoms. The molecule has 0 aromatic heterocycles. The Morgan fingerprint density at radius 1 is 0.429 bits per heavy atom. The van der Waals surface area contributed by atoms with Crippen molar-refractivity contribution in [1.82, 2.24) is 10.6 Å². The Morgan fingerprint density at radius 2 is 0.738 bits per heavy atom. The number of unbranched alkanes of at least 4 members (excludes halogenated alkanes) is 27. The molecule has 0 bridgehead atoms. The van der Waals surface area contributed by atoms with Crippen molar-refractivity contribution in [1.29, 1.82) is 0 Å². The van der Waals surface area contributed by atoms with Crippen LogP contribution in [-0.2, 0) is 9.59 Å². The Balaban J connectivity index is 3.72. The van der Waals surface area contributed by atoms with Crippen molar-refractivity contribution in [3.05, 3.63) is 0 Å². The molecule has 0 radical (unpaired) electrons. The normalized spacial score (nSPS) is 12.0. The Hall–Kier alpha value is -1.06. The fourth-order valence-corrected chi connectivity index (χ4v) is 6.03. The molecule has 0 aliphatic carbocycles. The van der Waals surface area contributed by atoms with Crippen molar-refractivity contribution >= 4 is 11.8 Å². The summed E-state index contributed by atoms with van der Waals surface area (Å²) in [7, 11) is 0. The highest BCUT2D eigenvalue weighted by atomic mass is 16.2. The SMILES string of the molecule is CCCCCCCCCCCCCCCCCC(=O)NC(CCCCCCCCCCCCCCCC)C(=O)NCC. The second-order valence-electron chi connectivity index (χ2n) is 13.1. The fourth-order valence-electron chi connectivity index (χ4n) is 6.03. The van der Waals surface area contributed by atoms with E-state index < -0.39 is 0 Å². The number of nitrogens with one attached hydrogen (secondary N) is 2. The molecule has 1 unspecified atom stereocenters. The van der Waals surface area contributed by atoms with Gasteiger partial charge < -0.3 is 10.6 Å². The molecule has 4 nitrogen and oxygen atoms in total. The monoisotopic (exact) mass is 593 g/mol. The molecule has 2 N–H and O–H groups in total. The summed E-state index contributed by atoms with van der Waals surface area (Å²) in [5.74, 6) is 0.0309. The summed E-state index contributed by atoms with van der Waals surface area (Å²) in [6.45, 7) is 7.12. The van der Waals surface area contributed by atoms with Crippen molar-refractivity contribution < 1.29 is 9.59 Å². The first kappa shape index (κ1) is 40.9. The molecule has 0 rings (SSSR count). The molecule has 0 aromatic rings.